The minimum atomic E-state index is -0.844. The van der Waals surface area contributed by atoms with Crippen molar-refractivity contribution >= 4 is 11.9 Å². The Kier molecular flexibility index (Phi) is 59.9. The number of unbranched alkanes of at least 4 members (excludes halogenated alkanes) is 50. The summed E-state index contributed by atoms with van der Waals surface area (Å²) in [6.07, 6.45) is 74.0. The second-order valence-corrected chi connectivity index (χ2v) is 22.5. The van der Waals surface area contributed by atoms with Gasteiger partial charge in [0.25, 0.3) is 0 Å². The van der Waals surface area contributed by atoms with Crippen LogP contribution in [0.5, 0.6) is 0 Å². The minimum absolute atomic E-state index is 0.0162. The number of carbonyl (C=O) groups is 2. The third kappa shape index (κ3) is 57.7. The van der Waals surface area contributed by atoms with Gasteiger partial charge in [0.2, 0.25) is 5.91 Å². The Labute approximate surface area is 444 Å². The second-order valence-electron chi connectivity index (χ2n) is 22.5. The number of ether oxygens (including phenoxy) is 1. The van der Waals surface area contributed by atoms with E-state index < -0.39 is 12.1 Å². The number of esters is 1. The highest BCUT2D eigenvalue weighted by molar-refractivity contribution is 5.76. The molecule has 0 fully saturated rings. The smallest absolute Gasteiger partial charge is 0.305 e. The van der Waals surface area contributed by atoms with E-state index in [4.69, 9.17) is 4.74 Å². The first-order chi connectivity index (χ1) is 35.0. The summed E-state index contributed by atoms with van der Waals surface area (Å²) < 4.78 is 5.48. The SMILES string of the molecule is CCCCCCCCCCCCCCCCCC/C=C/C(O)C(CO)NC(=O)CCCCCCCCCCCCCCCCCCCCCCCCCOC(=O)CCCCCCCCCCCCCCC. The first kappa shape index (κ1) is 69.6. The van der Waals surface area contributed by atoms with Gasteiger partial charge in [-0.3, -0.25) is 9.59 Å². The molecule has 71 heavy (non-hydrogen) atoms. The summed E-state index contributed by atoms with van der Waals surface area (Å²) in [6, 6.07) is -0.627. The van der Waals surface area contributed by atoms with Crippen molar-refractivity contribution in [1.29, 1.82) is 0 Å². The third-order valence-corrected chi connectivity index (χ3v) is 15.3. The van der Waals surface area contributed by atoms with Crippen molar-refractivity contribution in [3.63, 3.8) is 0 Å². The van der Waals surface area contributed by atoms with Gasteiger partial charge in [-0.15, -0.1) is 0 Å². The van der Waals surface area contributed by atoms with Crippen LogP contribution in [0.25, 0.3) is 0 Å². The number of aliphatic hydroxyl groups excluding tert-OH is 2. The van der Waals surface area contributed by atoms with Gasteiger partial charge in [-0.25, -0.2) is 0 Å². The van der Waals surface area contributed by atoms with Crippen molar-refractivity contribution in [3.8, 4) is 0 Å². The molecule has 0 aliphatic rings. The van der Waals surface area contributed by atoms with Crippen molar-refractivity contribution in [2.24, 2.45) is 0 Å². The quantitative estimate of drug-likeness (QED) is 0.0320. The lowest BCUT2D eigenvalue weighted by molar-refractivity contribution is -0.143. The van der Waals surface area contributed by atoms with Crippen LogP contribution in [0.15, 0.2) is 12.2 Å². The predicted octanol–water partition coefficient (Wildman–Crippen LogP) is 20.4. The predicted molar refractivity (Wildman–Crippen MR) is 310 cm³/mol. The van der Waals surface area contributed by atoms with Gasteiger partial charge < -0.3 is 20.3 Å². The normalized spacial score (nSPS) is 12.6. The molecular weight excluding hydrogens is 875 g/mol. The topological polar surface area (TPSA) is 95.9 Å². The van der Waals surface area contributed by atoms with Gasteiger partial charge in [0, 0.05) is 12.8 Å². The number of aliphatic hydroxyl groups is 2. The van der Waals surface area contributed by atoms with Crippen molar-refractivity contribution in [1.82, 2.24) is 5.32 Å². The van der Waals surface area contributed by atoms with Crippen LogP contribution in [0.1, 0.15) is 367 Å². The van der Waals surface area contributed by atoms with Gasteiger partial charge in [-0.2, -0.15) is 0 Å². The van der Waals surface area contributed by atoms with Crippen LogP contribution in [0.3, 0.4) is 0 Å². The van der Waals surface area contributed by atoms with E-state index in [9.17, 15) is 19.8 Å². The summed E-state index contributed by atoms with van der Waals surface area (Å²) in [5.74, 6) is -0.0478. The van der Waals surface area contributed by atoms with E-state index in [1.165, 1.54) is 302 Å². The Balaban J connectivity index is 3.39. The molecule has 422 valence electrons. The Hall–Kier alpha value is -1.40. The molecule has 0 rings (SSSR count). The largest absolute Gasteiger partial charge is 0.466 e. The molecular formula is C65H127NO5. The van der Waals surface area contributed by atoms with Crippen LogP contribution >= 0.6 is 0 Å². The average Bonchev–Trinajstić information content (AvgIpc) is 3.37. The van der Waals surface area contributed by atoms with E-state index >= 15 is 0 Å². The summed E-state index contributed by atoms with van der Waals surface area (Å²) in [5, 5.41) is 23.2. The monoisotopic (exact) mass is 1000 g/mol. The number of hydrogen-bond acceptors (Lipinski definition) is 5. The van der Waals surface area contributed by atoms with E-state index in [-0.39, 0.29) is 18.5 Å². The molecule has 0 spiro atoms. The van der Waals surface area contributed by atoms with Gasteiger partial charge in [0.05, 0.1) is 25.4 Å². The van der Waals surface area contributed by atoms with Crippen LogP contribution in [-0.4, -0.2) is 47.4 Å². The molecule has 0 aliphatic heterocycles. The third-order valence-electron chi connectivity index (χ3n) is 15.3. The number of allylic oxidation sites excluding steroid dienone is 1. The highest BCUT2D eigenvalue weighted by Gasteiger charge is 2.18. The summed E-state index contributed by atoms with van der Waals surface area (Å²) in [5.41, 5.74) is 0. The Morgan fingerprint density at radius 2 is 0.648 bits per heavy atom. The van der Waals surface area contributed by atoms with Gasteiger partial charge >= 0.3 is 5.97 Å². The van der Waals surface area contributed by atoms with E-state index in [0.29, 0.717) is 19.4 Å². The maximum atomic E-state index is 12.5. The molecule has 6 nitrogen and oxygen atoms in total. The highest BCUT2D eigenvalue weighted by atomic mass is 16.5. The fourth-order valence-corrected chi connectivity index (χ4v) is 10.3. The molecule has 0 saturated heterocycles. The van der Waals surface area contributed by atoms with E-state index in [1.807, 2.05) is 6.08 Å². The standard InChI is InChI=1S/C65H127NO5/c1-3-5-7-9-11-13-15-17-18-19-27-30-34-37-41-45-49-53-57-63(68)62(61-67)66-64(69)58-54-50-46-42-38-35-31-28-25-23-21-20-22-24-26-29-32-36-40-44-48-52-56-60-71-65(70)59-55-51-47-43-39-33-16-14-12-10-8-6-4-2/h53,57,62-63,67-68H,3-52,54-56,58-61H2,1-2H3,(H,66,69)/b57-53+. The van der Waals surface area contributed by atoms with Crippen LogP contribution < -0.4 is 5.32 Å². The van der Waals surface area contributed by atoms with Crippen LogP contribution in [0, 0.1) is 0 Å². The lowest BCUT2D eigenvalue weighted by Gasteiger charge is -2.20. The van der Waals surface area contributed by atoms with Gasteiger partial charge in [-0.1, -0.05) is 334 Å². The summed E-state index contributed by atoms with van der Waals surface area (Å²) in [7, 11) is 0. The fraction of sp³-hybridized carbons (Fsp3) is 0.938. The number of hydrogen-bond donors (Lipinski definition) is 3. The molecule has 0 aromatic heterocycles. The molecule has 2 atom stereocenters. The maximum Gasteiger partial charge on any atom is 0.305 e. The molecule has 0 aliphatic carbocycles. The van der Waals surface area contributed by atoms with Gasteiger partial charge in [0.1, 0.15) is 0 Å². The minimum Gasteiger partial charge on any atom is -0.466 e. The molecule has 1 amide bonds. The molecule has 0 bridgehead atoms. The molecule has 0 radical (unpaired) electrons. The number of nitrogens with one attached hydrogen (secondary N) is 1. The molecule has 0 heterocycles. The second kappa shape index (κ2) is 61.1. The van der Waals surface area contributed by atoms with Crippen molar-refractivity contribution in [3.05, 3.63) is 12.2 Å². The number of carbonyl (C=O) groups excluding carboxylic acids is 2. The zero-order chi connectivity index (χ0) is 51.4. The van der Waals surface area contributed by atoms with Gasteiger partial charge in [0.15, 0.2) is 0 Å². The lowest BCUT2D eigenvalue weighted by atomic mass is 10.0. The maximum absolute atomic E-state index is 12.5. The number of amides is 1. The Bertz CT molecular complexity index is 1060. The summed E-state index contributed by atoms with van der Waals surface area (Å²) >= 11 is 0. The lowest BCUT2D eigenvalue weighted by Crippen LogP contribution is -2.45. The molecule has 3 N–H and O–H groups in total. The molecule has 0 saturated carbocycles. The van der Waals surface area contributed by atoms with Crippen LogP contribution in [0.2, 0.25) is 0 Å². The number of rotatable bonds is 61. The summed E-state index contributed by atoms with van der Waals surface area (Å²) in [6.45, 7) is 4.94. The Morgan fingerprint density at radius 3 is 0.958 bits per heavy atom. The van der Waals surface area contributed by atoms with Crippen LogP contribution in [-0.2, 0) is 14.3 Å². The molecule has 2 unspecified atom stereocenters. The van der Waals surface area contributed by atoms with Crippen molar-refractivity contribution < 1.29 is 24.5 Å². The van der Waals surface area contributed by atoms with E-state index in [0.717, 1.165) is 38.5 Å². The van der Waals surface area contributed by atoms with Gasteiger partial charge in [-0.05, 0) is 32.1 Å². The van der Waals surface area contributed by atoms with Crippen LogP contribution in [0.4, 0.5) is 0 Å². The first-order valence-electron chi connectivity index (χ1n) is 32.5. The summed E-state index contributed by atoms with van der Waals surface area (Å²) in [4.78, 5) is 24.5. The van der Waals surface area contributed by atoms with Crippen molar-refractivity contribution in [2.75, 3.05) is 13.2 Å². The highest BCUT2D eigenvalue weighted by Crippen LogP contribution is 2.18. The zero-order valence-corrected chi connectivity index (χ0v) is 48.2. The van der Waals surface area contributed by atoms with Crippen molar-refractivity contribution in [2.45, 2.75) is 379 Å². The molecule has 6 heteroatoms. The average molecular weight is 1000 g/mol. The zero-order valence-electron chi connectivity index (χ0n) is 48.2. The first-order valence-corrected chi connectivity index (χ1v) is 32.5. The van der Waals surface area contributed by atoms with E-state index in [1.54, 1.807) is 6.08 Å². The Morgan fingerprint density at radius 1 is 0.380 bits per heavy atom. The molecule has 0 aromatic carbocycles. The van der Waals surface area contributed by atoms with E-state index in [2.05, 4.69) is 19.2 Å². The molecule has 0 aromatic rings. The fourth-order valence-electron chi connectivity index (χ4n) is 10.3.